The van der Waals surface area contributed by atoms with Crippen molar-refractivity contribution in [2.45, 2.75) is 38.8 Å². The number of pyridine rings is 1. The summed E-state index contributed by atoms with van der Waals surface area (Å²) >= 11 is 0. The number of fused-ring (bicyclic) bond motifs is 2. The molecule has 0 aliphatic carbocycles. The van der Waals surface area contributed by atoms with Gasteiger partial charge in [0.2, 0.25) is 5.95 Å². The Kier molecular flexibility index (Phi) is 5.62. The zero-order valence-electron chi connectivity index (χ0n) is 20.1. The molecule has 5 aromatic rings. The SMILES string of the molecule is CC(C)N1CCC[C@H]1CNc1nc(-c2ccncc2)c(-c2ccc3ccccc3c2)c2nncn12. The van der Waals surface area contributed by atoms with Crippen LogP contribution in [0.3, 0.4) is 0 Å². The lowest BCUT2D eigenvalue weighted by molar-refractivity contribution is 0.211. The van der Waals surface area contributed by atoms with Crippen molar-refractivity contribution in [3.05, 3.63) is 73.3 Å². The zero-order chi connectivity index (χ0) is 23.8. The first-order valence-electron chi connectivity index (χ1n) is 12.3. The van der Waals surface area contributed by atoms with Gasteiger partial charge in [0, 0.05) is 36.6 Å². The van der Waals surface area contributed by atoms with Crippen molar-refractivity contribution in [3.63, 3.8) is 0 Å². The molecule has 6 rings (SSSR count). The summed E-state index contributed by atoms with van der Waals surface area (Å²) in [5.74, 6) is 0.761. The van der Waals surface area contributed by atoms with Gasteiger partial charge in [0.15, 0.2) is 5.65 Å². The number of nitrogens with one attached hydrogen (secondary N) is 1. The Balaban J connectivity index is 1.48. The maximum atomic E-state index is 5.16. The van der Waals surface area contributed by atoms with Gasteiger partial charge in [0.05, 0.1) is 11.3 Å². The van der Waals surface area contributed by atoms with Crippen molar-refractivity contribution < 1.29 is 0 Å². The summed E-state index contributed by atoms with van der Waals surface area (Å²) in [5, 5.41) is 14.9. The zero-order valence-corrected chi connectivity index (χ0v) is 20.1. The Morgan fingerprint density at radius 1 is 1.00 bits per heavy atom. The Hall–Kier alpha value is -3.84. The minimum Gasteiger partial charge on any atom is -0.354 e. The van der Waals surface area contributed by atoms with Crippen molar-refractivity contribution in [2.24, 2.45) is 0 Å². The topological polar surface area (TPSA) is 71.2 Å². The van der Waals surface area contributed by atoms with Crippen LogP contribution in [0.15, 0.2) is 73.3 Å². The van der Waals surface area contributed by atoms with Crippen LogP contribution < -0.4 is 5.32 Å². The molecule has 2 aromatic carbocycles. The van der Waals surface area contributed by atoms with Gasteiger partial charge in [-0.2, -0.15) is 0 Å². The molecule has 0 spiro atoms. The Morgan fingerprint density at radius 3 is 2.66 bits per heavy atom. The maximum Gasteiger partial charge on any atom is 0.210 e. The second-order valence-electron chi connectivity index (χ2n) is 9.49. The molecule has 1 aliphatic heterocycles. The quantitative estimate of drug-likeness (QED) is 0.369. The van der Waals surface area contributed by atoms with Crippen molar-refractivity contribution in [1.29, 1.82) is 0 Å². The van der Waals surface area contributed by atoms with Gasteiger partial charge < -0.3 is 5.32 Å². The molecule has 7 heteroatoms. The molecule has 35 heavy (non-hydrogen) atoms. The molecule has 1 saturated heterocycles. The number of rotatable bonds is 6. The Morgan fingerprint density at radius 2 is 1.83 bits per heavy atom. The van der Waals surface area contributed by atoms with E-state index in [9.17, 15) is 0 Å². The second-order valence-corrected chi connectivity index (χ2v) is 9.49. The molecule has 0 bridgehead atoms. The third-order valence-electron chi connectivity index (χ3n) is 7.03. The van der Waals surface area contributed by atoms with E-state index in [0.717, 1.165) is 47.1 Å². The van der Waals surface area contributed by atoms with Gasteiger partial charge in [-0.15, -0.1) is 10.2 Å². The van der Waals surface area contributed by atoms with E-state index >= 15 is 0 Å². The molecule has 1 atom stereocenters. The number of benzene rings is 2. The minimum absolute atomic E-state index is 0.493. The smallest absolute Gasteiger partial charge is 0.210 e. The Labute approximate surface area is 204 Å². The minimum atomic E-state index is 0.493. The van der Waals surface area contributed by atoms with Crippen LogP contribution >= 0.6 is 0 Å². The van der Waals surface area contributed by atoms with Gasteiger partial charge in [-0.25, -0.2) is 4.98 Å². The van der Waals surface area contributed by atoms with E-state index in [0.29, 0.717) is 12.1 Å². The van der Waals surface area contributed by atoms with Crippen LogP contribution in [0, 0.1) is 0 Å². The van der Waals surface area contributed by atoms with Gasteiger partial charge in [-0.3, -0.25) is 14.3 Å². The molecule has 3 aromatic heterocycles. The maximum absolute atomic E-state index is 5.16. The van der Waals surface area contributed by atoms with Gasteiger partial charge in [-0.05, 0) is 67.8 Å². The van der Waals surface area contributed by atoms with E-state index in [1.807, 2.05) is 16.5 Å². The number of hydrogen-bond donors (Lipinski definition) is 1. The van der Waals surface area contributed by atoms with E-state index in [1.165, 1.54) is 23.6 Å². The highest BCUT2D eigenvalue weighted by atomic mass is 15.3. The first-order chi connectivity index (χ1) is 17.2. The van der Waals surface area contributed by atoms with Crippen LogP contribution in [0.4, 0.5) is 5.95 Å². The Bertz CT molecular complexity index is 1480. The van der Waals surface area contributed by atoms with E-state index in [4.69, 9.17) is 4.98 Å². The van der Waals surface area contributed by atoms with E-state index in [2.05, 4.69) is 81.7 Å². The molecule has 1 N–H and O–H groups in total. The summed E-state index contributed by atoms with van der Waals surface area (Å²) in [5.41, 5.74) is 4.69. The molecule has 1 aliphatic rings. The highest BCUT2D eigenvalue weighted by molar-refractivity contribution is 5.95. The van der Waals surface area contributed by atoms with E-state index < -0.39 is 0 Å². The summed E-state index contributed by atoms with van der Waals surface area (Å²) in [6.07, 6.45) is 7.80. The fourth-order valence-corrected chi connectivity index (χ4v) is 5.30. The van der Waals surface area contributed by atoms with Crippen molar-refractivity contribution in [1.82, 2.24) is 29.5 Å². The molecule has 0 amide bonds. The molecule has 4 heterocycles. The average molecular weight is 464 g/mol. The fraction of sp³-hybridized carbons (Fsp3) is 0.286. The van der Waals surface area contributed by atoms with Crippen LogP contribution in [-0.4, -0.2) is 54.6 Å². The van der Waals surface area contributed by atoms with Crippen molar-refractivity contribution >= 4 is 22.4 Å². The van der Waals surface area contributed by atoms with Gasteiger partial charge in [0.1, 0.15) is 6.33 Å². The van der Waals surface area contributed by atoms with Gasteiger partial charge in [0.25, 0.3) is 0 Å². The predicted octanol–water partition coefficient (Wildman–Crippen LogP) is 5.29. The molecular weight excluding hydrogens is 434 g/mol. The van der Waals surface area contributed by atoms with Crippen LogP contribution in [0.2, 0.25) is 0 Å². The summed E-state index contributed by atoms with van der Waals surface area (Å²) in [7, 11) is 0. The van der Waals surface area contributed by atoms with Crippen molar-refractivity contribution in [2.75, 3.05) is 18.4 Å². The normalized spacial score (nSPS) is 16.5. The number of anilines is 1. The van der Waals surface area contributed by atoms with Gasteiger partial charge >= 0.3 is 0 Å². The molecule has 0 saturated carbocycles. The van der Waals surface area contributed by atoms with Crippen molar-refractivity contribution in [3.8, 4) is 22.4 Å². The lowest BCUT2D eigenvalue weighted by Gasteiger charge is -2.28. The van der Waals surface area contributed by atoms with E-state index in [1.54, 1.807) is 18.7 Å². The second kappa shape index (κ2) is 9.07. The molecule has 7 nitrogen and oxygen atoms in total. The highest BCUT2D eigenvalue weighted by Crippen LogP contribution is 2.36. The average Bonchev–Trinajstić information content (AvgIpc) is 3.57. The molecule has 0 unspecified atom stereocenters. The third-order valence-corrected chi connectivity index (χ3v) is 7.03. The molecule has 0 radical (unpaired) electrons. The summed E-state index contributed by atoms with van der Waals surface area (Å²) < 4.78 is 1.98. The first-order valence-corrected chi connectivity index (χ1v) is 12.3. The predicted molar refractivity (Wildman–Crippen MR) is 140 cm³/mol. The number of aromatic nitrogens is 5. The number of likely N-dealkylation sites (tertiary alicyclic amines) is 1. The largest absolute Gasteiger partial charge is 0.354 e. The number of nitrogens with zero attached hydrogens (tertiary/aromatic N) is 6. The monoisotopic (exact) mass is 463 g/mol. The number of hydrogen-bond acceptors (Lipinski definition) is 6. The van der Waals surface area contributed by atoms with Crippen LogP contribution in [0.1, 0.15) is 26.7 Å². The standard InChI is InChI=1S/C28H29N7/c1-19(2)34-15-5-8-24(34)17-30-28-32-26(21-11-13-29-14-12-21)25(27-33-31-18-35(27)28)23-10-9-20-6-3-4-7-22(20)16-23/h3-4,6-7,9-14,16,18-19,24H,5,8,15,17H2,1-2H3,(H,30,32)/t24-/m0/s1. The summed E-state index contributed by atoms with van der Waals surface area (Å²) in [6.45, 7) is 6.54. The van der Waals surface area contributed by atoms with Crippen LogP contribution in [0.25, 0.3) is 38.8 Å². The molecular formula is C28H29N7. The lowest BCUT2D eigenvalue weighted by Crippen LogP contribution is -2.39. The summed E-state index contributed by atoms with van der Waals surface area (Å²) in [4.78, 5) is 11.9. The third kappa shape index (κ3) is 4.02. The van der Waals surface area contributed by atoms with Crippen LogP contribution in [0.5, 0.6) is 0 Å². The van der Waals surface area contributed by atoms with Crippen LogP contribution in [-0.2, 0) is 0 Å². The van der Waals surface area contributed by atoms with E-state index in [-0.39, 0.29) is 0 Å². The fourth-order valence-electron chi connectivity index (χ4n) is 5.30. The first kappa shape index (κ1) is 21.7. The highest BCUT2D eigenvalue weighted by Gasteiger charge is 2.27. The molecule has 176 valence electrons. The lowest BCUT2D eigenvalue weighted by atomic mass is 9.98. The van der Waals surface area contributed by atoms with Gasteiger partial charge in [-0.1, -0.05) is 36.4 Å². The molecule has 1 fully saturated rings. The summed E-state index contributed by atoms with van der Waals surface area (Å²) in [6, 6.07) is 19.9.